The van der Waals surface area contributed by atoms with Crippen molar-refractivity contribution in [2.45, 2.75) is 25.7 Å². The van der Waals surface area contributed by atoms with Gasteiger partial charge in [0, 0.05) is 19.9 Å². The molecule has 6 heteroatoms. The summed E-state index contributed by atoms with van der Waals surface area (Å²) in [6.45, 7) is 1.72. The summed E-state index contributed by atoms with van der Waals surface area (Å²) in [6.07, 6.45) is 0.768. The third kappa shape index (κ3) is 4.56. The number of rotatable bonds is 6. The van der Waals surface area contributed by atoms with Gasteiger partial charge in [-0.25, -0.2) is 4.79 Å². The van der Waals surface area contributed by atoms with Crippen LogP contribution in [0.4, 0.5) is 0 Å². The molecule has 0 bridgehead atoms. The highest BCUT2D eigenvalue weighted by Gasteiger charge is 2.21. The molecule has 0 aromatic heterocycles. The molecule has 0 aliphatic rings. The molecular formula is C19H21NO5. The molecule has 2 aromatic rings. The normalized spacial score (nSPS) is 11.6. The third-order valence-corrected chi connectivity index (χ3v) is 3.98. The lowest BCUT2D eigenvalue weighted by molar-refractivity contribution is -0.193. The number of hydrogen-bond donors (Lipinski definition) is 0. The van der Waals surface area contributed by atoms with Crippen molar-refractivity contribution in [2.75, 3.05) is 14.2 Å². The Morgan fingerprint density at radius 1 is 1.16 bits per heavy atom. The molecule has 0 saturated carbocycles. The first-order valence-corrected chi connectivity index (χ1v) is 7.96. The number of aldehydes is 1. The molecule has 2 rings (SSSR count). The van der Waals surface area contributed by atoms with Crippen molar-refractivity contribution in [3.8, 4) is 5.75 Å². The molecule has 0 fully saturated rings. The van der Waals surface area contributed by atoms with Crippen LogP contribution >= 0.6 is 0 Å². The van der Waals surface area contributed by atoms with Crippen molar-refractivity contribution in [2.24, 2.45) is 0 Å². The number of carbonyl (C=O) groups is 3. The van der Waals surface area contributed by atoms with Crippen molar-refractivity contribution in [1.29, 1.82) is 0 Å². The minimum Gasteiger partial charge on any atom is -0.497 e. The molecule has 0 aliphatic carbocycles. The van der Waals surface area contributed by atoms with Gasteiger partial charge in [-0.15, -0.1) is 0 Å². The summed E-state index contributed by atoms with van der Waals surface area (Å²) in [5, 5.41) is 2.87. The number of hydroxylamine groups is 2. The predicted molar refractivity (Wildman–Crippen MR) is 93.1 cm³/mol. The molecule has 0 spiro atoms. The molecule has 2 aromatic carbocycles. The van der Waals surface area contributed by atoms with E-state index in [0.29, 0.717) is 6.29 Å². The van der Waals surface area contributed by atoms with Gasteiger partial charge < -0.3 is 14.4 Å². The first kappa shape index (κ1) is 18.4. The molecule has 132 valence electrons. The zero-order valence-corrected chi connectivity index (χ0v) is 14.5. The fraction of sp³-hybridized carbons (Fsp3) is 0.316. The van der Waals surface area contributed by atoms with E-state index >= 15 is 0 Å². The Hall–Kier alpha value is -2.89. The van der Waals surface area contributed by atoms with Crippen LogP contribution < -0.4 is 4.74 Å². The summed E-state index contributed by atoms with van der Waals surface area (Å²) in [5.74, 6) is -0.718. The molecule has 0 heterocycles. The summed E-state index contributed by atoms with van der Waals surface area (Å²) >= 11 is 0. The minimum atomic E-state index is -0.534. The Kier molecular flexibility index (Phi) is 6.11. The summed E-state index contributed by atoms with van der Waals surface area (Å²) < 4.78 is 5.20. The predicted octanol–water partition coefficient (Wildman–Crippen LogP) is 2.85. The van der Waals surface area contributed by atoms with E-state index in [-0.39, 0.29) is 12.8 Å². The fourth-order valence-corrected chi connectivity index (χ4v) is 2.38. The lowest BCUT2D eigenvalue weighted by Gasteiger charge is -2.19. The number of nitrogens with zero attached hydrogens (tertiary/aromatic N) is 1. The highest BCUT2D eigenvalue weighted by molar-refractivity contribution is 5.87. The van der Waals surface area contributed by atoms with Gasteiger partial charge in [-0.2, -0.15) is 5.06 Å². The number of ether oxygens (including phenoxy) is 1. The van der Waals surface area contributed by atoms with E-state index in [4.69, 9.17) is 9.57 Å². The van der Waals surface area contributed by atoms with E-state index in [9.17, 15) is 14.4 Å². The zero-order valence-electron chi connectivity index (χ0n) is 14.5. The van der Waals surface area contributed by atoms with Crippen LogP contribution in [-0.4, -0.2) is 37.4 Å². The summed E-state index contributed by atoms with van der Waals surface area (Å²) in [5.41, 5.74) is 0.788. The molecule has 0 radical (unpaired) electrons. The van der Waals surface area contributed by atoms with E-state index in [1.807, 2.05) is 36.4 Å². The van der Waals surface area contributed by atoms with Gasteiger partial charge >= 0.3 is 5.97 Å². The van der Waals surface area contributed by atoms with Crippen LogP contribution in [0.15, 0.2) is 36.4 Å². The minimum absolute atomic E-state index is 0.0134. The fourth-order valence-electron chi connectivity index (χ4n) is 2.38. The quantitative estimate of drug-likeness (QED) is 0.596. The third-order valence-electron chi connectivity index (χ3n) is 3.98. The van der Waals surface area contributed by atoms with Crippen LogP contribution in [0, 0.1) is 0 Å². The average Bonchev–Trinajstić information content (AvgIpc) is 2.64. The van der Waals surface area contributed by atoms with Crippen LogP contribution in [0.5, 0.6) is 5.75 Å². The maximum absolute atomic E-state index is 12.3. The highest BCUT2D eigenvalue weighted by atomic mass is 16.7. The molecule has 1 atom stereocenters. The Balaban J connectivity index is 2.09. The number of carbonyl (C=O) groups excluding carboxylic acids is 3. The Bertz CT molecular complexity index is 786. The van der Waals surface area contributed by atoms with Crippen LogP contribution in [-0.2, 0) is 19.2 Å². The van der Waals surface area contributed by atoms with Gasteiger partial charge in [0.05, 0.1) is 13.0 Å². The van der Waals surface area contributed by atoms with Crippen LogP contribution in [0.1, 0.15) is 31.2 Å². The molecule has 6 nitrogen and oxygen atoms in total. The van der Waals surface area contributed by atoms with Crippen molar-refractivity contribution in [3.05, 3.63) is 42.0 Å². The number of amides is 1. The largest absolute Gasteiger partial charge is 0.497 e. The molecule has 0 saturated heterocycles. The Morgan fingerprint density at radius 2 is 1.84 bits per heavy atom. The van der Waals surface area contributed by atoms with Gasteiger partial charge in [-0.3, -0.25) is 4.79 Å². The lowest BCUT2D eigenvalue weighted by Crippen LogP contribution is -2.31. The molecule has 1 amide bonds. The number of hydrogen-bond acceptors (Lipinski definition) is 5. The van der Waals surface area contributed by atoms with E-state index in [0.717, 1.165) is 27.1 Å². The van der Waals surface area contributed by atoms with Crippen molar-refractivity contribution >= 4 is 28.9 Å². The van der Waals surface area contributed by atoms with Crippen LogP contribution in [0.2, 0.25) is 0 Å². The number of fused-ring (bicyclic) bond motifs is 1. The first-order chi connectivity index (χ1) is 12.0. The monoisotopic (exact) mass is 343 g/mol. The second-order valence-electron chi connectivity index (χ2n) is 5.70. The van der Waals surface area contributed by atoms with Crippen molar-refractivity contribution in [1.82, 2.24) is 5.06 Å². The zero-order chi connectivity index (χ0) is 18.4. The first-order valence-electron chi connectivity index (χ1n) is 7.96. The summed E-state index contributed by atoms with van der Waals surface area (Å²) in [4.78, 5) is 39.4. The lowest BCUT2D eigenvalue weighted by atomic mass is 9.98. The molecule has 0 N–H and O–H groups in total. The van der Waals surface area contributed by atoms with Crippen molar-refractivity contribution in [3.63, 3.8) is 0 Å². The molecular weight excluding hydrogens is 322 g/mol. The van der Waals surface area contributed by atoms with E-state index in [1.165, 1.54) is 7.05 Å². The van der Waals surface area contributed by atoms with E-state index in [2.05, 4.69) is 0 Å². The SMILES string of the molecule is COc1ccc2cc([C@H](C)C(=O)ON(C)C(=O)CCC=O)ccc2c1. The van der Waals surface area contributed by atoms with Gasteiger partial charge in [0.15, 0.2) is 0 Å². The highest BCUT2D eigenvalue weighted by Crippen LogP contribution is 2.25. The topological polar surface area (TPSA) is 72.9 Å². The van der Waals surface area contributed by atoms with Gasteiger partial charge in [-0.05, 0) is 35.4 Å². The van der Waals surface area contributed by atoms with Gasteiger partial charge in [0.2, 0.25) is 0 Å². The average molecular weight is 343 g/mol. The van der Waals surface area contributed by atoms with E-state index in [1.54, 1.807) is 14.0 Å². The Labute approximate surface area is 146 Å². The summed E-state index contributed by atoms with van der Waals surface area (Å²) in [6, 6.07) is 11.4. The second kappa shape index (κ2) is 8.28. The standard InChI is InChI=1S/C19H21NO5/c1-13(19(23)25-20(2)18(22)5-4-10-21)14-6-7-16-12-17(24-3)9-8-15(16)11-14/h6-13H,4-5H2,1-3H3/t13-/m0/s1. The van der Waals surface area contributed by atoms with Crippen LogP contribution in [0.3, 0.4) is 0 Å². The van der Waals surface area contributed by atoms with Gasteiger partial charge in [-0.1, -0.05) is 24.3 Å². The number of benzene rings is 2. The van der Waals surface area contributed by atoms with E-state index < -0.39 is 17.8 Å². The van der Waals surface area contributed by atoms with Crippen molar-refractivity contribution < 1.29 is 24.0 Å². The van der Waals surface area contributed by atoms with Crippen LogP contribution in [0.25, 0.3) is 10.8 Å². The van der Waals surface area contributed by atoms with Gasteiger partial charge in [0.1, 0.15) is 12.0 Å². The maximum atomic E-state index is 12.3. The molecule has 0 unspecified atom stereocenters. The molecule has 25 heavy (non-hydrogen) atoms. The maximum Gasteiger partial charge on any atom is 0.339 e. The smallest absolute Gasteiger partial charge is 0.339 e. The Morgan fingerprint density at radius 3 is 2.52 bits per heavy atom. The van der Waals surface area contributed by atoms with Gasteiger partial charge in [0.25, 0.3) is 5.91 Å². The number of methoxy groups -OCH3 is 1. The summed E-state index contributed by atoms with van der Waals surface area (Å²) in [7, 11) is 2.98. The second-order valence-corrected chi connectivity index (χ2v) is 5.70. The molecule has 0 aliphatic heterocycles.